The Kier molecular flexibility index (Phi) is 2.20. The fourth-order valence-electron chi connectivity index (χ4n) is 0.950. The van der Waals surface area contributed by atoms with Crippen LogP contribution in [0.3, 0.4) is 0 Å². The number of aryl methyl sites for hydroxylation is 1. The summed E-state index contributed by atoms with van der Waals surface area (Å²) in [6.07, 6.45) is 0.111. The number of nitriles is 1. The molecule has 0 heterocycles. The molecule has 0 aliphatic heterocycles. The smallest absolute Gasteiger partial charge is 0.162 e. The van der Waals surface area contributed by atoms with Crippen LogP contribution in [0.4, 0.5) is 0 Å². The fraction of sp³-hybridized carbons (Fsp3) is 0.222. The first-order chi connectivity index (χ1) is 5.66. The average molecular weight is 163 g/mol. The summed E-state index contributed by atoms with van der Waals surface area (Å²) in [5.41, 5.74) is 1.06. The summed E-state index contributed by atoms with van der Waals surface area (Å²) in [6.45, 7) is 1.69. The minimum Gasteiger partial charge on any atom is -0.504 e. The van der Waals surface area contributed by atoms with Crippen molar-refractivity contribution in [2.45, 2.75) is 13.3 Å². The van der Waals surface area contributed by atoms with E-state index < -0.39 is 0 Å². The Morgan fingerprint density at radius 2 is 2.00 bits per heavy atom. The Labute approximate surface area is 70.5 Å². The molecule has 0 aliphatic carbocycles. The molecule has 0 aromatic heterocycles. The molecule has 0 saturated heterocycles. The first-order valence-electron chi connectivity index (χ1n) is 3.54. The number of aromatic hydroxyl groups is 2. The van der Waals surface area contributed by atoms with Crippen LogP contribution < -0.4 is 0 Å². The Balaban J connectivity index is 3.19. The highest BCUT2D eigenvalue weighted by Crippen LogP contribution is 2.31. The Hall–Kier alpha value is -1.69. The third kappa shape index (κ3) is 1.32. The van der Waals surface area contributed by atoms with Gasteiger partial charge in [-0.05, 0) is 12.5 Å². The van der Waals surface area contributed by atoms with Crippen molar-refractivity contribution in [1.29, 1.82) is 5.26 Å². The van der Waals surface area contributed by atoms with Gasteiger partial charge in [0.15, 0.2) is 11.5 Å². The Bertz CT molecular complexity index is 339. The number of phenolic OH excluding ortho intramolecular Hbond substituents is 2. The average Bonchev–Trinajstić information content (AvgIpc) is 2.07. The molecule has 3 nitrogen and oxygen atoms in total. The van der Waals surface area contributed by atoms with E-state index in [1.807, 2.05) is 6.07 Å². The molecule has 1 aromatic carbocycles. The van der Waals surface area contributed by atoms with Crippen LogP contribution in [-0.4, -0.2) is 10.2 Å². The van der Waals surface area contributed by atoms with Gasteiger partial charge in [-0.1, -0.05) is 12.1 Å². The second-order valence-electron chi connectivity index (χ2n) is 2.57. The van der Waals surface area contributed by atoms with Crippen LogP contribution >= 0.6 is 0 Å². The summed E-state index contributed by atoms with van der Waals surface area (Å²) in [5, 5.41) is 26.9. The van der Waals surface area contributed by atoms with Gasteiger partial charge in [0.2, 0.25) is 0 Å². The van der Waals surface area contributed by atoms with E-state index >= 15 is 0 Å². The lowest BCUT2D eigenvalue weighted by Gasteiger charge is -2.04. The van der Waals surface area contributed by atoms with E-state index in [9.17, 15) is 10.2 Å². The Morgan fingerprint density at radius 3 is 2.58 bits per heavy atom. The molecule has 0 radical (unpaired) electrons. The van der Waals surface area contributed by atoms with Gasteiger partial charge in [0.25, 0.3) is 0 Å². The molecule has 0 aliphatic rings. The van der Waals surface area contributed by atoms with Crippen molar-refractivity contribution in [3.8, 4) is 17.6 Å². The van der Waals surface area contributed by atoms with Crippen LogP contribution in [0, 0.1) is 18.3 Å². The van der Waals surface area contributed by atoms with Crippen LogP contribution in [-0.2, 0) is 6.42 Å². The van der Waals surface area contributed by atoms with Gasteiger partial charge < -0.3 is 10.2 Å². The largest absolute Gasteiger partial charge is 0.504 e. The van der Waals surface area contributed by atoms with E-state index in [2.05, 4.69) is 0 Å². The zero-order valence-corrected chi connectivity index (χ0v) is 6.70. The van der Waals surface area contributed by atoms with Crippen molar-refractivity contribution in [2.24, 2.45) is 0 Å². The molecule has 12 heavy (non-hydrogen) atoms. The highest BCUT2D eigenvalue weighted by atomic mass is 16.3. The minimum absolute atomic E-state index is 0.111. The molecule has 0 atom stereocenters. The predicted octanol–water partition coefficient (Wildman–Crippen LogP) is 1.47. The predicted molar refractivity (Wildman–Crippen MR) is 43.8 cm³/mol. The molecular weight excluding hydrogens is 154 g/mol. The van der Waals surface area contributed by atoms with E-state index in [1.54, 1.807) is 19.1 Å². The second kappa shape index (κ2) is 3.14. The molecule has 0 saturated carbocycles. The van der Waals surface area contributed by atoms with Crippen molar-refractivity contribution in [3.63, 3.8) is 0 Å². The van der Waals surface area contributed by atoms with Gasteiger partial charge >= 0.3 is 0 Å². The van der Waals surface area contributed by atoms with Gasteiger partial charge in [0.1, 0.15) is 0 Å². The monoisotopic (exact) mass is 163 g/mol. The quantitative estimate of drug-likeness (QED) is 0.616. The molecule has 0 unspecified atom stereocenters. The minimum atomic E-state index is -0.184. The molecule has 0 fully saturated rings. The number of benzene rings is 1. The van der Waals surface area contributed by atoms with E-state index in [0.717, 1.165) is 0 Å². The molecule has 0 amide bonds. The maximum Gasteiger partial charge on any atom is 0.162 e. The lowest BCUT2D eigenvalue weighted by atomic mass is 10.1. The standard InChI is InChI=1S/C9H9NO2/c1-6-2-3-7(4-5-10)9(12)8(6)11/h2-3,11-12H,4H2,1H3. The maximum atomic E-state index is 9.31. The van der Waals surface area contributed by atoms with Crippen molar-refractivity contribution in [1.82, 2.24) is 0 Å². The van der Waals surface area contributed by atoms with Gasteiger partial charge in [-0.15, -0.1) is 0 Å². The van der Waals surface area contributed by atoms with E-state index in [4.69, 9.17) is 5.26 Å². The van der Waals surface area contributed by atoms with Gasteiger partial charge in [-0.2, -0.15) is 5.26 Å². The van der Waals surface area contributed by atoms with Crippen molar-refractivity contribution in [3.05, 3.63) is 23.3 Å². The number of nitrogens with zero attached hydrogens (tertiary/aromatic N) is 1. The molecule has 2 N–H and O–H groups in total. The molecular formula is C9H9NO2. The lowest BCUT2D eigenvalue weighted by Crippen LogP contribution is -1.85. The van der Waals surface area contributed by atoms with E-state index in [0.29, 0.717) is 11.1 Å². The molecule has 0 bridgehead atoms. The third-order valence-electron chi connectivity index (χ3n) is 1.71. The van der Waals surface area contributed by atoms with E-state index in [1.165, 1.54) is 0 Å². The summed E-state index contributed by atoms with van der Waals surface area (Å²) < 4.78 is 0. The second-order valence-corrected chi connectivity index (χ2v) is 2.57. The van der Waals surface area contributed by atoms with Crippen molar-refractivity contribution >= 4 is 0 Å². The highest BCUT2D eigenvalue weighted by molar-refractivity contribution is 5.50. The van der Waals surface area contributed by atoms with Crippen LogP contribution in [0.15, 0.2) is 12.1 Å². The molecule has 0 spiro atoms. The first kappa shape index (κ1) is 8.41. The van der Waals surface area contributed by atoms with Gasteiger partial charge in [0, 0.05) is 5.56 Å². The molecule has 1 rings (SSSR count). The van der Waals surface area contributed by atoms with Crippen LogP contribution in [0.2, 0.25) is 0 Å². The van der Waals surface area contributed by atoms with Crippen molar-refractivity contribution in [2.75, 3.05) is 0 Å². The number of hydrogen-bond acceptors (Lipinski definition) is 3. The molecule has 62 valence electrons. The first-order valence-corrected chi connectivity index (χ1v) is 3.54. The summed E-state index contributed by atoms with van der Waals surface area (Å²) in [6, 6.07) is 5.20. The van der Waals surface area contributed by atoms with Gasteiger partial charge in [0.05, 0.1) is 12.5 Å². The van der Waals surface area contributed by atoms with Crippen molar-refractivity contribution < 1.29 is 10.2 Å². The van der Waals surface area contributed by atoms with E-state index in [-0.39, 0.29) is 17.9 Å². The Morgan fingerprint density at radius 1 is 1.33 bits per heavy atom. The topological polar surface area (TPSA) is 64.2 Å². The summed E-state index contributed by atoms with van der Waals surface area (Å²) in [7, 11) is 0. The summed E-state index contributed by atoms with van der Waals surface area (Å²) in [4.78, 5) is 0. The molecule has 1 aromatic rings. The fourth-order valence-corrected chi connectivity index (χ4v) is 0.950. The number of rotatable bonds is 1. The maximum absolute atomic E-state index is 9.31. The van der Waals surface area contributed by atoms with Gasteiger partial charge in [-0.3, -0.25) is 0 Å². The zero-order valence-electron chi connectivity index (χ0n) is 6.70. The summed E-state index contributed by atoms with van der Waals surface area (Å²) >= 11 is 0. The van der Waals surface area contributed by atoms with Crippen LogP contribution in [0.1, 0.15) is 11.1 Å². The van der Waals surface area contributed by atoms with Gasteiger partial charge in [-0.25, -0.2) is 0 Å². The number of phenols is 2. The zero-order chi connectivity index (χ0) is 9.14. The van der Waals surface area contributed by atoms with Crippen LogP contribution in [0.5, 0.6) is 11.5 Å². The molecule has 3 heteroatoms. The lowest BCUT2D eigenvalue weighted by molar-refractivity contribution is 0.398. The summed E-state index contributed by atoms with van der Waals surface area (Å²) in [5.74, 6) is -0.320. The third-order valence-corrected chi connectivity index (χ3v) is 1.71. The SMILES string of the molecule is Cc1ccc(CC#N)c(O)c1O. The normalized spacial score (nSPS) is 9.33. The number of hydrogen-bond donors (Lipinski definition) is 2. The van der Waals surface area contributed by atoms with Crippen LogP contribution in [0.25, 0.3) is 0 Å². The highest BCUT2D eigenvalue weighted by Gasteiger charge is 2.07.